The Balaban J connectivity index is 1.09. The van der Waals surface area contributed by atoms with E-state index in [1.54, 1.807) is 0 Å². The Kier molecular flexibility index (Phi) is 6.47. The molecule has 35 heavy (non-hydrogen) atoms. The zero-order valence-electron chi connectivity index (χ0n) is 19.4. The fraction of sp³-hybridized carbons (Fsp3) is 0.444. The van der Waals surface area contributed by atoms with Gasteiger partial charge >= 0.3 is 12.1 Å². The topological polar surface area (TPSA) is 125 Å². The smallest absolute Gasteiger partial charge is 0.407 e. The molecule has 0 bridgehead atoms. The van der Waals surface area contributed by atoms with E-state index in [0.717, 1.165) is 12.8 Å². The largest absolute Gasteiger partial charge is 0.479 e. The van der Waals surface area contributed by atoms with Crippen molar-refractivity contribution in [2.45, 2.75) is 43.7 Å². The molecular weight excluding hydrogens is 448 g/mol. The highest BCUT2D eigenvalue weighted by molar-refractivity contribution is 5.80. The standard InChI is InChI=1S/C27H30N2O6/c30-24(26(32)33)9-10-28-25(31)16-11-15-13-23(21(15)12-16)29-27(34)35-14-22-19-7-3-1-5-17(19)18-6-2-4-8-20(18)22/h1-8,15-16,21-24,30H,9-14H2,(H,28,31)(H,29,34)(H,32,33)/t15-,16?,21-,23+,24-/m0/s1. The van der Waals surface area contributed by atoms with Crippen LogP contribution in [0.4, 0.5) is 4.79 Å². The van der Waals surface area contributed by atoms with Crippen LogP contribution in [0, 0.1) is 17.8 Å². The summed E-state index contributed by atoms with van der Waals surface area (Å²) < 4.78 is 5.66. The molecule has 0 saturated heterocycles. The lowest BCUT2D eigenvalue weighted by molar-refractivity contribution is -0.147. The van der Waals surface area contributed by atoms with Crippen LogP contribution in [-0.4, -0.2) is 53.5 Å². The summed E-state index contributed by atoms with van der Waals surface area (Å²) in [5, 5.41) is 23.8. The summed E-state index contributed by atoms with van der Waals surface area (Å²) in [6, 6.07) is 16.4. The summed E-state index contributed by atoms with van der Waals surface area (Å²) >= 11 is 0. The molecule has 3 aliphatic rings. The van der Waals surface area contributed by atoms with Gasteiger partial charge in [0.1, 0.15) is 6.61 Å². The molecule has 5 rings (SSSR count). The average Bonchev–Trinajstić information content (AvgIpc) is 3.36. The summed E-state index contributed by atoms with van der Waals surface area (Å²) in [5.74, 6) is -0.898. The van der Waals surface area contributed by atoms with Gasteiger partial charge in [-0.15, -0.1) is 0 Å². The zero-order valence-corrected chi connectivity index (χ0v) is 19.4. The molecule has 2 fully saturated rings. The lowest BCUT2D eigenvalue weighted by atomic mass is 9.71. The van der Waals surface area contributed by atoms with E-state index in [0.29, 0.717) is 12.3 Å². The van der Waals surface area contributed by atoms with Crippen LogP contribution in [0.1, 0.15) is 42.7 Å². The van der Waals surface area contributed by atoms with Gasteiger partial charge in [-0.05, 0) is 53.4 Å². The van der Waals surface area contributed by atoms with Crippen LogP contribution >= 0.6 is 0 Å². The molecule has 3 aliphatic carbocycles. The number of carboxylic acids is 1. The van der Waals surface area contributed by atoms with Crippen molar-refractivity contribution >= 4 is 18.0 Å². The maximum absolute atomic E-state index is 12.6. The fourth-order valence-electron chi connectivity index (χ4n) is 6.00. The molecule has 2 aromatic carbocycles. The number of ether oxygens (including phenoxy) is 1. The van der Waals surface area contributed by atoms with Gasteiger partial charge in [0.05, 0.1) is 0 Å². The minimum absolute atomic E-state index is 0.00211. The number of alkyl carbamates (subject to hydrolysis) is 1. The predicted octanol–water partition coefficient (Wildman–Crippen LogP) is 2.89. The number of carbonyl (C=O) groups is 3. The molecule has 0 spiro atoms. The molecule has 184 valence electrons. The van der Waals surface area contributed by atoms with Crippen LogP contribution in [0.15, 0.2) is 48.5 Å². The second-order valence-electron chi connectivity index (χ2n) is 9.84. The van der Waals surface area contributed by atoms with Crippen molar-refractivity contribution in [2.75, 3.05) is 13.2 Å². The number of benzene rings is 2. The molecule has 8 heteroatoms. The van der Waals surface area contributed by atoms with Gasteiger partial charge in [-0.2, -0.15) is 0 Å². The second-order valence-corrected chi connectivity index (χ2v) is 9.84. The van der Waals surface area contributed by atoms with Crippen LogP contribution in [0.25, 0.3) is 11.1 Å². The summed E-state index contributed by atoms with van der Waals surface area (Å²) in [4.78, 5) is 35.7. The number of fused-ring (bicyclic) bond motifs is 4. The number of nitrogens with one attached hydrogen (secondary N) is 2. The number of aliphatic hydroxyl groups is 1. The molecule has 0 heterocycles. The first-order valence-corrected chi connectivity index (χ1v) is 12.2. The first-order valence-electron chi connectivity index (χ1n) is 12.2. The highest BCUT2D eigenvalue weighted by Crippen LogP contribution is 2.50. The maximum atomic E-state index is 12.6. The third-order valence-corrected chi connectivity index (χ3v) is 7.84. The van der Waals surface area contributed by atoms with Gasteiger partial charge in [0.2, 0.25) is 5.91 Å². The van der Waals surface area contributed by atoms with Crippen molar-refractivity contribution in [1.82, 2.24) is 10.6 Å². The number of hydrogen-bond acceptors (Lipinski definition) is 5. The Morgan fingerprint density at radius 1 is 0.971 bits per heavy atom. The first-order chi connectivity index (χ1) is 16.9. The van der Waals surface area contributed by atoms with E-state index >= 15 is 0 Å². The quantitative estimate of drug-likeness (QED) is 0.462. The van der Waals surface area contributed by atoms with Gasteiger partial charge in [0, 0.05) is 30.8 Å². The second kappa shape index (κ2) is 9.70. The molecule has 8 nitrogen and oxygen atoms in total. The van der Waals surface area contributed by atoms with E-state index in [2.05, 4.69) is 34.9 Å². The van der Waals surface area contributed by atoms with Crippen LogP contribution in [-0.2, 0) is 14.3 Å². The molecular formula is C27H30N2O6. The average molecular weight is 479 g/mol. The van der Waals surface area contributed by atoms with E-state index in [4.69, 9.17) is 9.84 Å². The number of amides is 2. The molecule has 2 saturated carbocycles. The number of aliphatic carboxylic acids is 1. The molecule has 2 aromatic rings. The van der Waals surface area contributed by atoms with E-state index in [-0.39, 0.29) is 49.3 Å². The third kappa shape index (κ3) is 4.62. The number of carbonyl (C=O) groups excluding carboxylic acids is 2. The highest BCUT2D eigenvalue weighted by Gasteiger charge is 2.50. The normalized spacial score (nSPS) is 24.9. The van der Waals surface area contributed by atoms with Crippen LogP contribution < -0.4 is 10.6 Å². The molecule has 0 radical (unpaired) electrons. The van der Waals surface area contributed by atoms with Crippen LogP contribution in [0.2, 0.25) is 0 Å². The summed E-state index contributed by atoms with van der Waals surface area (Å²) in [6.45, 7) is 0.396. The molecule has 4 N–H and O–H groups in total. The molecule has 0 aromatic heterocycles. The van der Waals surface area contributed by atoms with Crippen molar-refractivity contribution in [3.8, 4) is 11.1 Å². The highest BCUT2D eigenvalue weighted by atomic mass is 16.5. The van der Waals surface area contributed by atoms with Crippen LogP contribution in [0.3, 0.4) is 0 Å². The van der Waals surface area contributed by atoms with Gasteiger partial charge in [-0.3, -0.25) is 4.79 Å². The lowest BCUT2D eigenvalue weighted by Gasteiger charge is -2.40. The van der Waals surface area contributed by atoms with Crippen molar-refractivity contribution in [3.63, 3.8) is 0 Å². The van der Waals surface area contributed by atoms with Gasteiger partial charge < -0.3 is 25.6 Å². The van der Waals surface area contributed by atoms with Crippen molar-refractivity contribution in [2.24, 2.45) is 17.8 Å². The third-order valence-electron chi connectivity index (χ3n) is 7.84. The van der Waals surface area contributed by atoms with E-state index in [1.807, 2.05) is 24.3 Å². The maximum Gasteiger partial charge on any atom is 0.407 e. The Hall–Kier alpha value is -3.39. The van der Waals surface area contributed by atoms with E-state index in [1.165, 1.54) is 22.3 Å². The Labute approximate surface area is 203 Å². The SMILES string of the molecule is O=C(N[C@@H]1C[C@@H]2CC(C(=O)NCC[C@H](O)C(=O)O)C[C@@H]21)OCC1c2ccccc2-c2ccccc21. The number of rotatable bonds is 8. The number of carboxylic acid groups (broad SMARTS) is 1. The predicted molar refractivity (Wildman–Crippen MR) is 128 cm³/mol. The first kappa shape index (κ1) is 23.4. The van der Waals surface area contributed by atoms with Gasteiger partial charge in [-0.25, -0.2) is 9.59 Å². The number of hydrogen-bond donors (Lipinski definition) is 4. The minimum Gasteiger partial charge on any atom is -0.479 e. The van der Waals surface area contributed by atoms with E-state index < -0.39 is 18.2 Å². The van der Waals surface area contributed by atoms with Crippen molar-refractivity contribution in [1.29, 1.82) is 0 Å². The molecule has 5 atom stereocenters. The fourth-order valence-corrected chi connectivity index (χ4v) is 6.00. The van der Waals surface area contributed by atoms with Gasteiger partial charge in [-0.1, -0.05) is 48.5 Å². The Bertz CT molecular complexity index is 1090. The van der Waals surface area contributed by atoms with Crippen LogP contribution in [0.5, 0.6) is 0 Å². The summed E-state index contributed by atoms with van der Waals surface area (Å²) in [6.07, 6.45) is 0.364. The lowest BCUT2D eigenvalue weighted by Crippen LogP contribution is -2.50. The Morgan fingerprint density at radius 3 is 2.29 bits per heavy atom. The summed E-state index contributed by atoms with van der Waals surface area (Å²) in [5.41, 5.74) is 4.72. The zero-order chi connectivity index (χ0) is 24.5. The van der Waals surface area contributed by atoms with Gasteiger partial charge in [0.25, 0.3) is 0 Å². The molecule has 1 unspecified atom stereocenters. The molecule has 0 aliphatic heterocycles. The minimum atomic E-state index is -1.47. The molecule has 2 amide bonds. The summed E-state index contributed by atoms with van der Waals surface area (Å²) in [7, 11) is 0. The van der Waals surface area contributed by atoms with Crippen molar-refractivity contribution in [3.05, 3.63) is 59.7 Å². The van der Waals surface area contributed by atoms with Crippen molar-refractivity contribution < 1.29 is 29.3 Å². The van der Waals surface area contributed by atoms with E-state index in [9.17, 15) is 19.5 Å². The monoisotopic (exact) mass is 478 g/mol. The number of aliphatic hydroxyl groups excluding tert-OH is 1. The van der Waals surface area contributed by atoms with Gasteiger partial charge in [0.15, 0.2) is 6.10 Å². The Morgan fingerprint density at radius 2 is 1.63 bits per heavy atom.